The van der Waals surface area contributed by atoms with Crippen LogP contribution in [-0.2, 0) is 6.54 Å². The Kier molecular flexibility index (Phi) is 9.08. The number of hydrogen-bond donors (Lipinski definition) is 1. The van der Waals surface area contributed by atoms with Gasteiger partial charge in [-0.1, -0.05) is 11.6 Å². The molecule has 0 aliphatic carbocycles. The molecule has 0 saturated carbocycles. The fourth-order valence-corrected chi connectivity index (χ4v) is 5.50. The van der Waals surface area contributed by atoms with Crippen LogP contribution in [0.1, 0.15) is 43.6 Å². The molecule has 46 heavy (non-hydrogen) atoms. The number of fused-ring (bicyclic) bond motifs is 1. The van der Waals surface area contributed by atoms with E-state index in [1.807, 2.05) is 0 Å². The predicted octanol–water partition coefficient (Wildman–Crippen LogP) is 8.01. The number of pyridine rings is 1. The van der Waals surface area contributed by atoms with E-state index in [9.17, 15) is 31.9 Å². The summed E-state index contributed by atoms with van der Waals surface area (Å²) in [5, 5.41) is 14.4. The number of rotatable bonds is 9. The SMILES string of the molecule is Cc1cc(C(C)Oc2ccc(Cl)nc2SOc2c(F)c(F)c(F)c(F)c2F)c2oc(-c3cnn(CC(C)(C)O)c3)c(C)c(=O)c2c1. The molecule has 0 aliphatic heterocycles. The van der Waals surface area contributed by atoms with Crippen LogP contribution in [0.2, 0.25) is 5.15 Å². The molecule has 5 rings (SSSR count). The van der Waals surface area contributed by atoms with Crippen molar-refractivity contribution in [3.63, 3.8) is 0 Å². The second-order valence-electron chi connectivity index (χ2n) is 11.1. The Morgan fingerprint density at radius 3 is 2.37 bits per heavy atom. The molecule has 15 heteroatoms. The summed E-state index contributed by atoms with van der Waals surface area (Å²) in [4.78, 5) is 17.5. The van der Waals surface area contributed by atoms with Crippen LogP contribution in [0, 0.1) is 42.9 Å². The van der Waals surface area contributed by atoms with E-state index < -0.39 is 46.5 Å². The van der Waals surface area contributed by atoms with Crippen molar-refractivity contribution in [1.82, 2.24) is 14.8 Å². The number of nitrogens with zero attached hydrogens (tertiary/aromatic N) is 3. The summed E-state index contributed by atoms with van der Waals surface area (Å²) in [5.41, 5.74) is 0.902. The molecule has 0 radical (unpaired) electrons. The highest BCUT2D eigenvalue weighted by Crippen LogP contribution is 2.38. The minimum absolute atomic E-state index is 0.0250. The van der Waals surface area contributed by atoms with E-state index in [-0.39, 0.29) is 56.7 Å². The van der Waals surface area contributed by atoms with Gasteiger partial charge in [-0.25, -0.2) is 18.2 Å². The lowest BCUT2D eigenvalue weighted by Gasteiger charge is -2.19. The van der Waals surface area contributed by atoms with Crippen LogP contribution in [0.15, 0.2) is 50.9 Å². The third-order valence-corrected chi connectivity index (χ3v) is 7.65. The Hall–Kier alpha value is -4.14. The van der Waals surface area contributed by atoms with Crippen molar-refractivity contribution < 1.29 is 40.4 Å². The zero-order chi connectivity index (χ0) is 33.7. The first-order valence-corrected chi connectivity index (χ1v) is 14.7. The standard InChI is InChI=1S/C31H25ClF5N3O5S/c1-13-8-17(28-18(9-13)26(41)14(2)27(44-28)16-10-38-40(11-16)12-31(4,5)42)15(3)43-19-6-7-20(32)39-30(19)46-45-29-24(36)22(34)21(33)23(35)25(29)37/h6-11,15,42H,12H2,1-5H3. The van der Waals surface area contributed by atoms with Crippen molar-refractivity contribution in [2.24, 2.45) is 0 Å². The van der Waals surface area contributed by atoms with Crippen molar-refractivity contribution in [2.45, 2.75) is 57.9 Å². The molecule has 242 valence electrons. The van der Waals surface area contributed by atoms with E-state index in [1.165, 1.54) is 23.0 Å². The zero-order valence-corrected chi connectivity index (χ0v) is 26.4. The van der Waals surface area contributed by atoms with Crippen molar-refractivity contribution in [2.75, 3.05) is 0 Å². The predicted molar refractivity (Wildman–Crippen MR) is 160 cm³/mol. The van der Waals surface area contributed by atoms with Gasteiger partial charge in [0.15, 0.2) is 16.2 Å². The van der Waals surface area contributed by atoms with Gasteiger partial charge in [0.05, 0.1) is 29.3 Å². The minimum atomic E-state index is -2.33. The fourth-order valence-electron chi connectivity index (χ4n) is 4.66. The van der Waals surface area contributed by atoms with Gasteiger partial charge in [-0.15, -0.1) is 0 Å². The molecular formula is C31H25ClF5N3O5S. The second kappa shape index (κ2) is 12.6. The van der Waals surface area contributed by atoms with Gasteiger partial charge in [0.25, 0.3) is 0 Å². The first kappa shape index (κ1) is 33.2. The maximum Gasteiger partial charge on any atom is 0.215 e. The Balaban J connectivity index is 1.51. The summed E-state index contributed by atoms with van der Waals surface area (Å²) in [6.07, 6.45) is 2.32. The third kappa shape index (κ3) is 6.55. The summed E-state index contributed by atoms with van der Waals surface area (Å²) in [5.74, 6) is -12.3. The van der Waals surface area contributed by atoms with Crippen LogP contribution < -0.4 is 14.3 Å². The van der Waals surface area contributed by atoms with E-state index >= 15 is 0 Å². The molecule has 0 amide bonds. The summed E-state index contributed by atoms with van der Waals surface area (Å²) < 4.78 is 88.1. The fraction of sp³-hybridized carbons (Fsp3) is 0.258. The molecule has 0 aliphatic rings. The highest BCUT2D eigenvalue weighted by Gasteiger charge is 2.29. The average Bonchev–Trinajstić information content (AvgIpc) is 3.44. The van der Waals surface area contributed by atoms with Crippen LogP contribution in [0.3, 0.4) is 0 Å². The Morgan fingerprint density at radius 1 is 1.07 bits per heavy atom. The monoisotopic (exact) mass is 681 g/mol. The number of hydrogen-bond acceptors (Lipinski definition) is 8. The number of aryl methyl sites for hydroxylation is 1. The molecule has 1 unspecified atom stereocenters. The van der Waals surface area contributed by atoms with Gasteiger partial charge in [-0.3, -0.25) is 9.48 Å². The molecular weight excluding hydrogens is 657 g/mol. The molecule has 8 nitrogen and oxygen atoms in total. The number of halogens is 6. The maximum atomic E-state index is 14.2. The van der Waals surface area contributed by atoms with Crippen LogP contribution in [0.25, 0.3) is 22.3 Å². The van der Waals surface area contributed by atoms with E-state index in [1.54, 1.807) is 52.9 Å². The molecule has 2 aromatic carbocycles. The number of aromatic nitrogens is 3. The minimum Gasteiger partial charge on any atom is -0.483 e. The smallest absolute Gasteiger partial charge is 0.215 e. The van der Waals surface area contributed by atoms with Gasteiger partial charge in [0.1, 0.15) is 34.6 Å². The first-order valence-electron chi connectivity index (χ1n) is 13.6. The summed E-state index contributed by atoms with van der Waals surface area (Å²) in [6.45, 7) is 8.52. The molecule has 3 aromatic heterocycles. The highest BCUT2D eigenvalue weighted by molar-refractivity contribution is 7.95. The van der Waals surface area contributed by atoms with Crippen molar-refractivity contribution in [3.8, 4) is 22.8 Å². The lowest BCUT2D eigenvalue weighted by atomic mass is 10.0. The van der Waals surface area contributed by atoms with Gasteiger partial charge in [-0.05, 0) is 64.4 Å². The Morgan fingerprint density at radius 2 is 1.72 bits per heavy atom. The van der Waals surface area contributed by atoms with E-state index in [0.29, 0.717) is 22.3 Å². The number of aliphatic hydroxyl groups is 1. The second-order valence-corrected chi connectivity index (χ2v) is 12.2. The molecule has 3 heterocycles. The van der Waals surface area contributed by atoms with Crippen LogP contribution in [-0.4, -0.2) is 25.5 Å². The highest BCUT2D eigenvalue weighted by atomic mass is 35.5. The van der Waals surface area contributed by atoms with Gasteiger partial charge < -0.3 is 18.4 Å². The van der Waals surface area contributed by atoms with E-state index in [2.05, 4.69) is 10.1 Å². The summed E-state index contributed by atoms with van der Waals surface area (Å²) in [6, 6.07) is 6.15. The van der Waals surface area contributed by atoms with Gasteiger partial charge in [0.2, 0.25) is 34.8 Å². The van der Waals surface area contributed by atoms with Crippen molar-refractivity contribution in [1.29, 1.82) is 0 Å². The number of ether oxygens (including phenoxy) is 1. The summed E-state index contributed by atoms with van der Waals surface area (Å²) >= 11 is 6.17. The Labute approximate surface area is 267 Å². The van der Waals surface area contributed by atoms with Crippen LogP contribution in [0.4, 0.5) is 22.0 Å². The van der Waals surface area contributed by atoms with Crippen LogP contribution >= 0.6 is 23.6 Å². The molecule has 0 bridgehead atoms. The molecule has 1 atom stereocenters. The Bertz CT molecular complexity index is 2020. The summed E-state index contributed by atoms with van der Waals surface area (Å²) in [7, 11) is 0. The van der Waals surface area contributed by atoms with Crippen molar-refractivity contribution in [3.05, 3.63) is 97.8 Å². The number of benzene rings is 2. The average molecular weight is 682 g/mol. The van der Waals surface area contributed by atoms with Crippen molar-refractivity contribution >= 4 is 34.6 Å². The maximum absolute atomic E-state index is 14.2. The van der Waals surface area contributed by atoms with E-state index in [4.69, 9.17) is 24.9 Å². The quantitative estimate of drug-likeness (QED) is 0.0549. The lowest BCUT2D eigenvalue weighted by Crippen LogP contribution is -2.26. The third-order valence-electron chi connectivity index (χ3n) is 6.74. The van der Waals surface area contributed by atoms with E-state index in [0.717, 1.165) is 0 Å². The topological polar surface area (TPSA) is 99.6 Å². The van der Waals surface area contributed by atoms with Gasteiger partial charge >= 0.3 is 0 Å². The molecule has 5 aromatic rings. The van der Waals surface area contributed by atoms with Gasteiger partial charge in [-0.2, -0.15) is 13.9 Å². The molecule has 0 fully saturated rings. The molecule has 0 saturated heterocycles. The van der Waals surface area contributed by atoms with Crippen LogP contribution in [0.5, 0.6) is 11.5 Å². The lowest BCUT2D eigenvalue weighted by molar-refractivity contribution is 0.0577. The largest absolute Gasteiger partial charge is 0.483 e. The van der Waals surface area contributed by atoms with Gasteiger partial charge in [0, 0.05) is 17.3 Å². The zero-order valence-electron chi connectivity index (χ0n) is 24.8. The molecule has 1 N–H and O–H groups in total. The normalized spacial score (nSPS) is 12.5. The molecule has 0 spiro atoms. The first-order chi connectivity index (χ1) is 21.6.